The van der Waals surface area contributed by atoms with Gasteiger partial charge in [-0.2, -0.15) is 0 Å². The van der Waals surface area contributed by atoms with Gasteiger partial charge in [0.05, 0.1) is 5.56 Å². The predicted molar refractivity (Wildman–Crippen MR) is 121 cm³/mol. The van der Waals surface area contributed by atoms with E-state index in [-0.39, 0.29) is 5.92 Å². The normalized spacial score (nSPS) is 12.8. The molecule has 5 heteroatoms. The number of aromatic carboxylic acids is 1. The third-order valence-electron chi connectivity index (χ3n) is 5.43. The third kappa shape index (κ3) is 9.15. The molecule has 1 aromatic carbocycles. The predicted octanol–water partition coefficient (Wildman–Crippen LogP) is 6.45. The summed E-state index contributed by atoms with van der Waals surface area (Å²) in [5, 5.41) is 9.10. The molecule has 0 radical (unpaired) electrons. The van der Waals surface area contributed by atoms with Gasteiger partial charge in [-0.25, -0.2) is 4.79 Å². The minimum absolute atomic E-state index is 0.114. The van der Waals surface area contributed by atoms with Gasteiger partial charge in [0.15, 0.2) is 0 Å². The number of unbranched alkanes of at least 4 members (excludes halogenated alkanes) is 5. The first kappa shape index (κ1) is 26.6. The molecule has 1 rings (SSSR count). The summed E-state index contributed by atoms with van der Waals surface area (Å²) in [6.45, 7) is 9.73. The number of hydrogen-bond donors (Lipinski definition) is 1. The lowest BCUT2D eigenvalue weighted by Crippen LogP contribution is -2.47. The number of rotatable bonds is 18. The Kier molecular flexibility index (Phi) is 13.6. The van der Waals surface area contributed by atoms with Gasteiger partial charge in [-0.1, -0.05) is 57.6 Å². The van der Waals surface area contributed by atoms with Gasteiger partial charge in [0, 0.05) is 25.7 Å². The Balaban J connectivity index is 2.86. The van der Waals surface area contributed by atoms with Crippen LogP contribution in [0.3, 0.4) is 0 Å². The van der Waals surface area contributed by atoms with Crippen molar-refractivity contribution in [3.8, 4) is 0 Å². The molecule has 30 heavy (non-hydrogen) atoms. The van der Waals surface area contributed by atoms with E-state index in [1.54, 1.807) is 12.1 Å². The summed E-state index contributed by atoms with van der Waals surface area (Å²) in [7, 11) is 0. The van der Waals surface area contributed by atoms with E-state index in [0.717, 1.165) is 31.2 Å². The van der Waals surface area contributed by atoms with Crippen molar-refractivity contribution in [3.63, 3.8) is 0 Å². The second-order valence-electron chi connectivity index (χ2n) is 7.70. The Hall–Kier alpha value is -1.43. The van der Waals surface area contributed by atoms with Crippen molar-refractivity contribution in [1.29, 1.82) is 0 Å². The van der Waals surface area contributed by atoms with Crippen LogP contribution >= 0.6 is 0 Å². The Labute approximate surface area is 183 Å². The molecule has 0 aromatic heterocycles. The number of benzene rings is 1. The summed E-state index contributed by atoms with van der Waals surface area (Å²) in [6.07, 6.45) is 10.1. The molecule has 0 spiro atoms. The van der Waals surface area contributed by atoms with Gasteiger partial charge in [0.2, 0.25) is 0 Å². The summed E-state index contributed by atoms with van der Waals surface area (Å²) in [5.41, 5.74) is 1.43. The Morgan fingerprint density at radius 1 is 0.833 bits per heavy atom. The van der Waals surface area contributed by atoms with Crippen LogP contribution < -0.4 is 0 Å². The van der Waals surface area contributed by atoms with E-state index < -0.39 is 11.9 Å². The Morgan fingerprint density at radius 3 is 1.87 bits per heavy atom. The maximum Gasteiger partial charge on any atom is 0.335 e. The van der Waals surface area contributed by atoms with E-state index in [4.69, 9.17) is 19.3 Å². The molecule has 0 saturated heterocycles. The van der Waals surface area contributed by atoms with E-state index in [1.807, 2.05) is 32.9 Å². The first-order chi connectivity index (χ1) is 14.5. The number of carboxylic acid groups (broad SMARTS) is 1. The van der Waals surface area contributed by atoms with Crippen molar-refractivity contribution in [1.82, 2.24) is 0 Å². The molecule has 172 valence electrons. The number of carboxylic acids is 1. The third-order valence-corrected chi connectivity index (χ3v) is 5.43. The molecular formula is C25H42O5. The number of aryl methyl sites for hydroxylation is 1. The van der Waals surface area contributed by atoms with Crippen LogP contribution in [-0.4, -0.2) is 36.9 Å². The van der Waals surface area contributed by atoms with E-state index in [9.17, 15) is 4.79 Å². The summed E-state index contributed by atoms with van der Waals surface area (Å²) in [4.78, 5) is 11.1. The SMILES string of the molecule is CCCCCCCCC(CCc1ccc(C(=O)O)cc1)C(OCC)(OCC)OCC. The maximum absolute atomic E-state index is 11.1. The summed E-state index contributed by atoms with van der Waals surface area (Å²) in [6, 6.07) is 7.13. The molecule has 0 heterocycles. The smallest absolute Gasteiger partial charge is 0.335 e. The Morgan fingerprint density at radius 2 is 1.37 bits per heavy atom. The van der Waals surface area contributed by atoms with Crippen molar-refractivity contribution in [2.75, 3.05) is 19.8 Å². The standard InChI is InChI=1S/C25H42O5/c1-5-9-10-11-12-13-14-23(25(28-6-2,29-7-3)30-8-4)20-17-21-15-18-22(19-16-21)24(26)27/h15-16,18-19,23H,5-14,17,20H2,1-4H3,(H,26,27). The second kappa shape index (κ2) is 15.4. The van der Waals surface area contributed by atoms with E-state index in [1.165, 1.54) is 32.1 Å². The lowest BCUT2D eigenvalue weighted by atomic mass is 9.91. The minimum atomic E-state index is -1.01. The van der Waals surface area contributed by atoms with Crippen LogP contribution in [0.4, 0.5) is 0 Å². The molecular weight excluding hydrogens is 380 g/mol. The first-order valence-electron chi connectivity index (χ1n) is 11.8. The largest absolute Gasteiger partial charge is 0.478 e. The van der Waals surface area contributed by atoms with Crippen LogP contribution in [0.25, 0.3) is 0 Å². The molecule has 0 aliphatic rings. The molecule has 5 nitrogen and oxygen atoms in total. The van der Waals surface area contributed by atoms with Crippen LogP contribution in [0.15, 0.2) is 24.3 Å². The van der Waals surface area contributed by atoms with E-state index in [2.05, 4.69) is 6.92 Å². The fourth-order valence-electron chi connectivity index (χ4n) is 3.91. The monoisotopic (exact) mass is 422 g/mol. The van der Waals surface area contributed by atoms with Gasteiger partial charge >= 0.3 is 5.97 Å². The zero-order valence-electron chi connectivity index (χ0n) is 19.5. The fourth-order valence-corrected chi connectivity index (χ4v) is 3.91. The molecule has 0 aliphatic carbocycles. The number of ether oxygens (including phenoxy) is 3. The highest BCUT2D eigenvalue weighted by Gasteiger charge is 2.41. The van der Waals surface area contributed by atoms with Gasteiger partial charge in [0.25, 0.3) is 5.97 Å². The second-order valence-corrected chi connectivity index (χ2v) is 7.70. The molecule has 1 unspecified atom stereocenters. The van der Waals surface area contributed by atoms with E-state index in [0.29, 0.717) is 25.4 Å². The van der Waals surface area contributed by atoms with Crippen molar-refractivity contribution in [2.24, 2.45) is 5.92 Å². The van der Waals surface area contributed by atoms with Crippen LogP contribution in [0.1, 0.15) is 95.0 Å². The number of hydrogen-bond acceptors (Lipinski definition) is 4. The lowest BCUT2D eigenvalue weighted by Gasteiger charge is -2.39. The van der Waals surface area contributed by atoms with Crippen molar-refractivity contribution >= 4 is 5.97 Å². The minimum Gasteiger partial charge on any atom is -0.478 e. The molecule has 0 saturated carbocycles. The van der Waals surface area contributed by atoms with Crippen LogP contribution in [0.2, 0.25) is 0 Å². The van der Waals surface area contributed by atoms with Crippen LogP contribution in [0, 0.1) is 5.92 Å². The highest BCUT2D eigenvalue weighted by Crippen LogP contribution is 2.34. The highest BCUT2D eigenvalue weighted by molar-refractivity contribution is 5.87. The van der Waals surface area contributed by atoms with Gasteiger partial charge in [0.1, 0.15) is 0 Å². The highest BCUT2D eigenvalue weighted by atomic mass is 16.9. The maximum atomic E-state index is 11.1. The van der Waals surface area contributed by atoms with Gasteiger partial charge < -0.3 is 19.3 Å². The fraction of sp³-hybridized carbons (Fsp3) is 0.720. The first-order valence-corrected chi connectivity index (χ1v) is 11.8. The van der Waals surface area contributed by atoms with Gasteiger partial charge in [-0.3, -0.25) is 0 Å². The molecule has 1 N–H and O–H groups in total. The average Bonchev–Trinajstić information content (AvgIpc) is 2.73. The van der Waals surface area contributed by atoms with Crippen molar-refractivity contribution in [2.45, 2.75) is 91.5 Å². The van der Waals surface area contributed by atoms with Crippen LogP contribution in [0.5, 0.6) is 0 Å². The lowest BCUT2D eigenvalue weighted by molar-refractivity contribution is -0.403. The average molecular weight is 423 g/mol. The van der Waals surface area contributed by atoms with Crippen molar-refractivity contribution < 1.29 is 24.1 Å². The van der Waals surface area contributed by atoms with Gasteiger partial charge in [-0.15, -0.1) is 0 Å². The molecule has 0 amide bonds. The summed E-state index contributed by atoms with van der Waals surface area (Å²) >= 11 is 0. The van der Waals surface area contributed by atoms with Gasteiger partial charge in [-0.05, 0) is 57.7 Å². The van der Waals surface area contributed by atoms with Crippen LogP contribution in [-0.2, 0) is 20.6 Å². The number of carbonyl (C=O) groups is 1. The summed E-state index contributed by atoms with van der Waals surface area (Å²) in [5.74, 6) is -1.80. The van der Waals surface area contributed by atoms with Crippen molar-refractivity contribution in [3.05, 3.63) is 35.4 Å². The molecule has 0 aliphatic heterocycles. The molecule has 1 aromatic rings. The Bertz CT molecular complexity index is 552. The topological polar surface area (TPSA) is 65.0 Å². The quantitative estimate of drug-likeness (QED) is 0.218. The zero-order chi connectivity index (χ0) is 22.2. The van der Waals surface area contributed by atoms with E-state index >= 15 is 0 Å². The molecule has 0 bridgehead atoms. The zero-order valence-corrected chi connectivity index (χ0v) is 19.5. The summed E-state index contributed by atoms with van der Waals surface area (Å²) < 4.78 is 18.3. The molecule has 1 atom stereocenters. The molecule has 0 fully saturated rings.